The third kappa shape index (κ3) is 4.81. The number of benzene rings is 3. The van der Waals surface area contributed by atoms with E-state index in [-0.39, 0.29) is 23.6 Å². The fourth-order valence-corrected chi connectivity index (χ4v) is 4.28. The SMILES string of the molecule is CC1C=C[C@@](C)(c2ccc(-c3ccc(C(F)(F)Oc4cc(F)c(F)c(F)c4)c(F)c3F)c(F)c2F)CC1. The number of hydrogen-bond donors (Lipinski definition) is 0. The van der Waals surface area contributed by atoms with E-state index in [4.69, 9.17) is 0 Å². The molecule has 1 aliphatic carbocycles. The van der Waals surface area contributed by atoms with Crippen molar-refractivity contribution in [3.63, 3.8) is 0 Å². The van der Waals surface area contributed by atoms with Crippen molar-refractivity contribution >= 4 is 0 Å². The molecule has 0 radical (unpaired) electrons. The molecule has 0 fully saturated rings. The normalized spacial score (nSPS) is 19.8. The molecule has 0 saturated heterocycles. The first kappa shape index (κ1) is 26.6. The van der Waals surface area contributed by atoms with Crippen molar-refractivity contribution in [2.75, 3.05) is 0 Å². The van der Waals surface area contributed by atoms with Gasteiger partial charge in [0.05, 0.1) is 0 Å². The molecule has 3 aromatic carbocycles. The average Bonchev–Trinajstić information content (AvgIpc) is 2.82. The quantitative estimate of drug-likeness (QED) is 0.182. The molecule has 37 heavy (non-hydrogen) atoms. The number of rotatable bonds is 5. The van der Waals surface area contributed by atoms with E-state index in [2.05, 4.69) is 4.74 Å². The van der Waals surface area contributed by atoms with Crippen molar-refractivity contribution in [3.05, 3.63) is 100 Å². The largest absolute Gasteiger partial charge is 0.429 e. The zero-order chi connectivity index (χ0) is 27.3. The molecule has 0 bridgehead atoms. The monoisotopic (exact) mass is 530 g/mol. The van der Waals surface area contributed by atoms with Crippen LogP contribution in [0.1, 0.15) is 37.8 Å². The van der Waals surface area contributed by atoms with Crippen LogP contribution in [0.2, 0.25) is 0 Å². The van der Waals surface area contributed by atoms with Gasteiger partial charge in [-0.1, -0.05) is 44.2 Å². The fraction of sp³-hybridized carbons (Fsp3) is 0.259. The first-order valence-corrected chi connectivity index (χ1v) is 11.1. The Balaban J connectivity index is 1.70. The molecule has 1 unspecified atom stereocenters. The topological polar surface area (TPSA) is 9.23 Å². The van der Waals surface area contributed by atoms with Crippen LogP contribution in [-0.2, 0) is 11.5 Å². The van der Waals surface area contributed by atoms with Crippen molar-refractivity contribution in [1.82, 2.24) is 0 Å². The van der Waals surface area contributed by atoms with Crippen LogP contribution in [0.15, 0.2) is 48.6 Å². The summed E-state index contributed by atoms with van der Waals surface area (Å²) >= 11 is 0. The highest BCUT2D eigenvalue weighted by Gasteiger charge is 2.40. The Morgan fingerprint density at radius 3 is 1.92 bits per heavy atom. The molecular formula is C27H19F9O. The number of hydrogen-bond acceptors (Lipinski definition) is 1. The first-order valence-electron chi connectivity index (χ1n) is 11.1. The van der Waals surface area contributed by atoms with E-state index in [9.17, 15) is 30.7 Å². The second-order valence-corrected chi connectivity index (χ2v) is 9.19. The minimum atomic E-state index is -4.67. The van der Waals surface area contributed by atoms with Gasteiger partial charge in [-0.25, -0.2) is 30.7 Å². The van der Waals surface area contributed by atoms with Gasteiger partial charge in [-0.05, 0) is 24.8 Å². The summed E-state index contributed by atoms with van der Waals surface area (Å²) in [5, 5.41) is 0. The van der Waals surface area contributed by atoms with Gasteiger partial charge in [0.25, 0.3) is 0 Å². The molecule has 196 valence electrons. The highest BCUT2D eigenvalue weighted by Crippen LogP contribution is 2.42. The van der Waals surface area contributed by atoms with E-state index in [1.807, 2.05) is 13.0 Å². The zero-order valence-corrected chi connectivity index (χ0v) is 19.4. The van der Waals surface area contributed by atoms with E-state index >= 15 is 8.78 Å². The molecule has 0 saturated carbocycles. The molecule has 3 aromatic rings. The second kappa shape index (κ2) is 9.46. The highest BCUT2D eigenvalue weighted by atomic mass is 19.3. The van der Waals surface area contributed by atoms with E-state index in [0.717, 1.165) is 12.5 Å². The molecule has 0 N–H and O–H groups in total. The predicted molar refractivity (Wildman–Crippen MR) is 117 cm³/mol. The Morgan fingerprint density at radius 1 is 0.784 bits per heavy atom. The summed E-state index contributed by atoms with van der Waals surface area (Å²) in [5.41, 5.74) is -4.05. The minimum absolute atomic E-state index is 0.00750. The molecule has 4 rings (SSSR count). The van der Waals surface area contributed by atoms with Crippen LogP contribution in [0.3, 0.4) is 0 Å². The molecule has 1 nitrogen and oxygen atoms in total. The number of ether oxygens (including phenoxy) is 1. The van der Waals surface area contributed by atoms with Gasteiger partial charge in [-0.2, -0.15) is 8.78 Å². The van der Waals surface area contributed by atoms with Crippen molar-refractivity contribution in [3.8, 4) is 16.9 Å². The van der Waals surface area contributed by atoms with Gasteiger partial charge in [0, 0.05) is 34.2 Å². The maximum atomic E-state index is 15.1. The summed E-state index contributed by atoms with van der Waals surface area (Å²) < 4.78 is 133. The van der Waals surface area contributed by atoms with Gasteiger partial charge in [0.15, 0.2) is 40.7 Å². The summed E-state index contributed by atoms with van der Waals surface area (Å²) in [4.78, 5) is 0. The maximum Gasteiger partial charge on any atom is 0.429 e. The van der Waals surface area contributed by atoms with E-state index in [1.165, 1.54) is 6.07 Å². The van der Waals surface area contributed by atoms with Crippen molar-refractivity contribution in [1.29, 1.82) is 0 Å². The summed E-state index contributed by atoms with van der Waals surface area (Å²) in [6.45, 7) is 3.69. The molecule has 0 heterocycles. The molecule has 0 aliphatic heterocycles. The lowest BCUT2D eigenvalue weighted by Gasteiger charge is -2.32. The molecule has 0 spiro atoms. The Kier molecular flexibility index (Phi) is 6.81. The van der Waals surface area contributed by atoms with Crippen LogP contribution in [0.4, 0.5) is 39.5 Å². The van der Waals surface area contributed by atoms with Crippen molar-refractivity contribution < 1.29 is 44.3 Å². The Hall–Kier alpha value is -3.43. The summed E-state index contributed by atoms with van der Waals surface area (Å²) in [7, 11) is 0. The van der Waals surface area contributed by atoms with E-state index in [0.29, 0.717) is 18.6 Å². The molecule has 1 aliphatic rings. The van der Waals surface area contributed by atoms with Crippen LogP contribution in [-0.4, -0.2) is 0 Å². The average molecular weight is 530 g/mol. The molecule has 0 aromatic heterocycles. The molecular weight excluding hydrogens is 511 g/mol. The van der Waals surface area contributed by atoms with E-state index in [1.54, 1.807) is 13.0 Å². The van der Waals surface area contributed by atoms with Crippen LogP contribution in [0.25, 0.3) is 11.1 Å². The van der Waals surface area contributed by atoms with Crippen LogP contribution in [0.5, 0.6) is 5.75 Å². The number of allylic oxidation sites excluding steroid dienone is 2. The summed E-state index contributed by atoms with van der Waals surface area (Å²) in [6, 6.07) is 3.41. The smallest absolute Gasteiger partial charge is 0.429 e. The van der Waals surface area contributed by atoms with Crippen LogP contribution >= 0.6 is 0 Å². The van der Waals surface area contributed by atoms with Crippen LogP contribution in [0, 0.1) is 46.6 Å². The van der Waals surface area contributed by atoms with Gasteiger partial charge in [0.2, 0.25) is 0 Å². The standard InChI is InChI=1S/C27H19F9O/c1-13-7-9-26(2,10-8-13)17-5-3-15(21(30)23(17)32)16-4-6-18(24(33)22(16)31)27(35,36)37-14-11-19(28)25(34)20(29)12-14/h3-7,9,11-13H,8,10H2,1-2H3/t13?,26-/m1/s1. The zero-order valence-electron chi connectivity index (χ0n) is 19.4. The summed E-state index contributed by atoms with van der Waals surface area (Å²) in [6.07, 6.45) is 0.209. The minimum Gasteiger partial charge on any atom is -0.429 e. The molecule has 0 amide bonds. The third-order valence-corrected chi connectivity index (χ3v) is 6.50. The Labute approximate surface area is 206 Å². The van der Waals surface area contributed by atoms with Crippen LogP contribution < -0.4 is 4.74 Å². The Bertz CT molecular complexity index is 1380. The number of halogens is 9. The van der Waals surface area contributed by atoms with Gasteiger partial charge in [-0.3, -0.25) is 0 Å². The van der Waals surface area contributed by atoms with Crippen molar-refractivity contribution in [2.45, 2.75) is 38.2 Å². The lowest BCUT2D eigenvalue weighted by Crippen LogP contribution is -2.25. The predicted octanol–water partition coefficient (Wildman–Crippen LogP) is 8.70. The van der Waals surface area contributed by atoms with Gasteiger partial charge in [-0.15, -0.1) is 0 Å². The molecule has 2 atom stereocenters. The second-order valence-electron chi connectivity index (χ2n) is 9.19. The maximum absolute atomic E-state index is 15.1. The third-order valence-electron chi connectivity index (χ3n) is 6.50. The lowest BCUT2D eigenvalue weighted by atomic mass is 9.72. The first-order chi connectivity index (χ1) is 17.2. The number of alkyl halides is 2. The lowest BCUT2D eigenvalue weighted by molar-refractivity contribution is -0.187. The highest BCUT2D eigenvalue weighted by molar-refractivity contribution is 5.66. The van der Waals surface area contributed by atoms with Gasteiger partial charge < -0.3 is 4.74 Å². The fourth-order valence-electron chi connectivity index (χ4n) is 4.28. The Morgan fingerprint density at radius 2 is 1.35 bits per heavy atom. The summed E-state index contributed by atoms with van der Waals surface area (Å²) in [5.74, 6) is -13.4. The molecule has 10 heteroatoms. The van der Waals surface area contributed by atoms with Gasteiger partial charge in [0.1, 0.15) is 11.3 Å². The van der Waals surface area contributed by atoms with Gasteiger partial charge >= 0.3 is 6.11 Å². The van der Waals surface area contributed by atoms with Crippen molar-refractivity contribution in [2.24, 2.45) is 5.92 Å². The van der Waals surface area contributed by atoms with E-state index < -0.39 is 74.7 Å².